The summed E-state index contributed by atoms with van der Waals surface area (Å²) in [6.45, 7) is 2.37. The van der Waals surface area contributed by atoms with E-state index >= 15 is 0 Å². The third kappa shape index (κ3) is 2.49. The van der Waals surface area contributed by atoms with Crippen LogP contribution in [0.3, 0.4) is 0 Å². The Labute approximate surface area is 113 Å². The van der Waals surface area contributed by atoms with E-state index in [-0.39, 0.29) is 0 Å². The summed E-state index contributed by atoms with van der Waals surface area (Å²) in [5.74, 6) is 1.62. The summed E-state index contributed by atoms with van der Waals surface area (Å²) in [5, 5.41) is 1.35. The molecule has 0 spiro atoms. The second-order valence-electron chi connectivity index (χ2n) is 5.39. The van der Waals surface area contributed by atoms with Gasteiger partial charge in [-0.25, -0.2) is 4.98 Å². The third-order valence-corrected chi connectivity index (χ3v) is 5.16. The van der Waals surface area contributed by atoms with Gasteiger partial charge in [0, 0.05) is 12.1 Å². The number of thiazole rings is 1. The van der Waals surface area contributed by atoms with Crippen LogP contribution in [-0.4, -0.2) is 4.98 Å². The SMILES string of the molecule is CC1CCC(c2ncc(-c3ccccc3)s2)CC1. The van der Waals surface area contributed by atoms with Crippen LogP contribution in [0.1, 0.15) is 43.5 Å². The van der Waals surface area contributed by atoms with Gasteiger partial charge in [0.05, 0.1) is 9.88 Å². The first-order valence-corrected chi connectivity index (χ1v) is 7.65. The van der Waals surface area contributed by atoms with Gasteiger partial charge in [0.15, 0.2) is 0 Å². The van der Waals surface area contributed by atoms with E-state index in [1.165, 1.54) is 41.1 Å². The van der Waals surface area contributed by atoms with Crippen molar-refractivity contribution in [1.29, 1.82) is 0 Å². The molecule has 1 heterocycles. The van der Waals surface area contributed by atoms with Crippen molar-refractivity contribution in [1.82, 2.24) is 4.98 Å². The van der Waals surface area contributed by atoms with Gasteiger partial charge in [0.2, 0.25) is 0 Å². The Morgan fingerprint density at radius 3 is 2.50 bits per heavy atom. The highest BCUT2D eigenvalue weighted by Crippen LogP contribution is 2.39. The van der Waals surface area contributed by atoms with Crippen molar-refractivity contribution in [3.05, 3.63) is 41.5 Å². The van der Waals surface area contributed by atoms with Crippen LogP contribution in [0.15, 0.2) is 36.5 Å². The number of nitrogens with zero attached hydrogens (tertiary/aromatic N) is 1. The molecule has 0 N–H and O–H groups in total. The van der Waals surface area contributed by atoms with Gasteiger partial charge in [-0.3, -0.25) is 0 Å². The molecule has 94 valence electrons. The maximum absolute atomic E-state index is 4.66. The molecular weight excluding hydrogens is 238 g/mol. The van der Waals surface area contributed by atoms with Crippen LogP contribution in [0.5, 0.6) is 0 Å². The van der Waals surface area contributed by atoms with E-state index in [0.717, 1.165) is 5.92 Å². The minimum absolute atomic E-state index is 0.712. The predicted molar refractivity (Wildman–Crippen MR) is 77.9 cm³/mol. The van der Waals surface area contributed by atoms with E-state index in [4.69, 9.17) is 0 Å². The molecule has 1 aromatic heterocycles. The minimum Gasteiger partial charge on any atom is -0.249 e. The standard InChI is InChI=1S/C16H19NS/c1-12-7-9-14(10-8-12)16-17-11-15(18-16)13-5-3-2-4-6-13/h2-6,11-12,14H,7-10H2,1H3. The maximum atomic E-state index is 4.66. The molecule has 18 heavy (non-hydrogen) atoms. The molecule has 0 radical (unpaired) electrons. The summed E-state index contributed by atoms with van der Waals surface area (Å²) in [7, 11) is 0. The summed E-state index contributed by atoms with van der Waals surface area (Å²) >= 11 is 1.88. The van der Waals surface area contributed by atoms with E-state index in [2.05, 4.69) is 42.2 Å². The van der Waals surface area contributed by atoms with Gasteiger partial charge < -0.3 is 0 Å². The lowest BCUT2D eigenvalue weighted by atomic mass is 9.83. The number of hydrogen-bond acceptors (Lipinski definition) is 2. The molecule has 1 nitrogen and oxygen atoms in total. The van der Waals surface area contributed by atoms with Crippen LogP contribution in [0.4, 0.5) is 0 Å². The second kappa shape index (κ2) is 5.23. The summed E-state index contributed by atoms with van der Waals surface area (Å²) in [4.78, 5) is 5.97. The summed E-state index contributed by atoms with van der Waals surface area (Å²) in [5.41, 5.74) is 1.30. The summed E-state index contributed by atoms with van der Waals surface area (Å²) < 4.78 is 0. The molecule has 1 aliphatic carbocycles. The topological polar surface area (TPSA) is 12.9 Å². The molecule has 0 bridgehead atoms. The largest absolute Gasteiger partial charge is 0.249 e. The Morgan fingerprint density at radius 2 is 1.78 bits per heavy atom. The summed E-state index contributed by atoms with van der Waals surface area (Å²) in [6, 6.07) is 10.6. The Hall–Kier alpha value is -1.15. The van der Waals surface area contributed by atoms with Gasteiger partial charge in [-0.1, -0.05) is 50.1 Å². The molecule has 0 aliphatic heterocycles. The average molecular weight is 257 g/mol. The predicted octanol–water partition coefficient (Wildman–Crippen LogP) is 5.10. The molecular formula is C16H19NS. The van der Waals surface area contributed by atoms with E-state index in [0.29, 0.717) is 5.92 Å². The average Bonchev–Trinajstić information content (AvgIpc) is 2.90. The van der Waals surface area contributed by atoms with Crippen molar-refractivity contribution < 1.29 is 0 Å². The second-order valence-corrected chi connectivity index (χ2v) is 6.45. The van der Waals surface area contributed by atoms with Crippen LogP contribution in [0, 0.1) is 5.92 Å². The molecule has 1 fully saturated rings. The first-order chi connectivity index (χ1) is 8.83. The van der Waals surface area contributed by atoms with Crippen molar-refractivity contribution in [2.24, 2.45) is 5.92 Å². The van der Waals surface area contributed by atoms with Gasteiger partial charge in [0.1, 0.15) is 0 Å². The molecule has 1 aromatic carbocycles. The zero-order valence-corrected chi connectivity index (χ0v) is 11.6. The first kappa shape index (κ1) is 11.9. The molecule has 0 unspecified atom stereocenters. The molecule has 0 amide bonds. The number of rotatable bonds is 2. The van der Waals surface area contributed by atoms with Gasteiger partial charge in [-0.15, -0.1) is 11.3 Å². The van der Waals surface area contributed by atoms with Crippen LogP contribution in [-0.2, 0) is 0 Å². The smallest absolute Gasteiger partial charge is 0.0962 e. The lowest BCUT2D eigenvalue weighted by Gasteiger charge is -2.24. The van der Waals surface area contributed by atoms with Crippen molar-refractivity contribution in [2.75, 3.05) is 0 Å². The van der Waals surface area contributed by atoms with Crippen molar-refractivity contribution >= 4 is 11.3 Å². The number of hydrogen-bond donors (Lipinski definition) is 0. The Kier molecular flexibility index (Phi) is 3.46. The Bertz CT molecular complexity index is 495. The van der Waals surface area contributed by atoms with Crippen LogP contribution in [0.25, 0.3) is 10.4 Å². The van der Waals surface area contributed by atoms with Gasteiger partial charge in [-0.05, 0) is 24.3 Å². The summed E-state index contributed by atoms with van der Waals surface area (Å²) in [6.07, 6.45) is 7.43. The lowest BCUT2D eigenvalue weighted by molar-refractivity contribution is 0.347. The lowest BCUT2D eigenvalue weighted by Crippen LogP contribution is -2.10. The fourth-order valence-corrected chi connectivity index (χ4v) is 3.81. The highest BCUT2D eigenvalue weighted by atomic mass is 32.1. The number of benzene rings is 1. The highest BCUT2D eigenvalue weighted by Gasteiger charge is 2.22. The molecule has 2 heteroatoms. The van der Waals surface area contributed by atoms with E-state index in [1.807, 2.05) is 17.5 Å². The first-order valence-electron chi connectivity index (χ1n) is 6.84. The monoisotopic (exact) mass is 257 g/mol. The van der Waals surface area contributed by atoms with Crippen LogP contribution < -0.4 is 0 Å². The molecule has 1 saturated carbocycles. The van der Waals surface area contributed by atoms with Crippen LogP contribution >= 0.6 is 11.3 Å². The van der Waals surface area contributed by atoms with Crippen molar-refractivity contribution in [3.8, 4) is 10.4 Å². The van der Waals surface area contributed by atoms with Gasteiger partial charge in [-0.2, -0.15) is 0 Å². The van der Waals surface area contributed by atoms with Gasteiger partial charge in [0.25, 0.3) is 0 Å². The molecule has 3 rings (SSSR count). The Balaban J connectivity index is 1.78. The molecule has 2 aromatic rings. The fourth-order valence-electron chi connectivity index (χ4n) is 2.72. The fraction of sp³-hybridized carbons (Fsp3) is 0.438. The van der Waals surface area contributed by atoms with Crippen LogP contribution in [0.2, 0.25) is 0 Å². The molecule has 0 atom stereocenters. The van der Waals surface area contributed by atoms with E-state index in [1.54, 1.807) is 0 Å². The highest BCUT2D eigenvalue weighted by molar-refractivity contribution is 7.15. The van der Waals surface area contributed by atoms with Gasteiger partial charge >= 0.3 is 0 Å². The minimum atomic E-state index is 0.712. The Morgan fingerprint density at radius 1 is 1.06 bits per heavy atom. The zero-order valence-electron chi connectivity index (χ0n) is 10.8. The maximum Gasteiger partial charge on any atom is 0.0962 e. The van der Waals surface area contributed by atoms with Crippen molar-refractivity contribution in [2.45, 2.75) is 38.5 Å². The normalized spacial score (nSPS) is 24.1. The van der Waals surface area contributed by atoms with E-state index in [9.17, 15) is 0 Å². The molecule has 1 aliphatic rings. The quantitative estimate of drug-likeness (QED) is 0.729. The van der Waals surface area contributed by atoms with E-state index < -0.39 is 0 Å². The molecule has 0 saturated heterocycles. The van der Waals surface area contributed by atoms with Crippen molar-refractivity contribution in [3.63, 3.8) is 0 Å². The number of aromatic nitrogens is 1. The third-order valence-electron chi connectivity index (χ3n) is 3.95. The zero-order chi connectivity index (χ0) is 12.4.